The smallest absolute Gasteiger partial charge is 0.271 e. The average Bonchev–Trinajstić information content (AvgIpc) is 2.71. The van der Waals surface area contributed by atoms with Crippen LogP contribution in [0.4, 0.5) is 5.69 Å². The first-order valence-electron chi connectivity index (χ1n) is 8.83. The maximum Gasteiger partial charge on any atom is 0.271 e. The summed E-state index contributed by atoms with van der Waals surface area (Å²) in [5.41, 5.74) is 5.09. The lowest BCUT2D eigenvalue weighted by Gasteiger charge is -2.09. The summed E-state index contributed by atoms with van der Waals surface area (Å²) < 4.78 is 1.25. The number of phenolic OH excluding ortho intramolecular Hbond substituents is 1. The van der Waals surface area contributed by atoms with Crippen molar-refractivity contribution in [3.05, 3.63) is 91.9 Å². The highest BCUT2D eigenvalue weighted by Crippen LogP contribution is 2.30. The molecule has 2 amide bonds. The molecule has 0 unspecified atom stereocenters. The molecule has 0 heterocycles. The highest BCUT2D eigenvalue weighted by molar-refractivity contribution is 9.11. The molecule has 3 aromatic carbocycles. The summed E-state index contributed by atoms with van der Waals surface area (Å²) in [6.07, 6.45) is 1.34. The molecule has 0 radical (unpaired) electrons. The van der Waals surface area contributed by atoms with Gasteiger partial charge in [-0.1, -0.05) is 40.2 Å². The Morgan fingerprint density at radius 3 is 2.53 bits per heavy atom. The number of carbonyl (C=O) groups is 2. The first-order valence-corrected chi connectivity index (χ1v) is 10.4. The van der Waals surface area contributed by atoms with E-state index in [-0.39, 0.29) is 11.7 Å². The van der Waals surface area contributed by atoms with Crippen molar-refractivity contribution >= 4 is 55.6 Å². The van der Waals surface area contributed by atoms with Gasteiger partial charge in [0.15, 0.2) is 0 Å². The van der Waals surface area contributed by atoms with E-state index in [1.54, 1.807) is 48.5 Å². The largest absolute Gasteiger partial charge is 0.506 e. The van der Waals surface area contributed by atoms with Crippen molar-refractivity contribution in [1.82, 2.24) is 5.43 Å². The molecule has 0 aliphatic rings. The SMILES string of the molecule is Cc1ccccc1C(=O)Nc1cccc(C(=O)N/N=C\c2cc(Br)cc(Br)c2O)c1. The molecule has 0 aliphatic heterocycles. The highest BCUT2D eigenvalue weighted by Gasteiger charge is 2.11. The van der Waals surface area contributed by atoms with E-state index in [2.05, 4.69) is 47.7 Å². The summed E-state index contributed by atoms with van der Waals surface area (Å²) in [5.74, 6) is -0.691. The first kappa shape index (κ1) is 21.7. The quantitative estimate of drug-likeness (QED) is 0.311. The van der Waals surface area contributed by atoms with Gasteiger partial charge in [-0.05, 0) is 64.8 Å². The zero-order valence-corrected chi connectivity index (χ0v) is 19.0. The number of nitrogens with zero attached hydrogens (tertiary/aromatic N) is 1. The number of halogens is 2. The number of rotatable bonds is 5. The van der Waals surface area contributed by atoms with Gasteiger partial charge in [0.05, 0.1) is 10.7 Å². The molecule has 152 valence electrons. The third kappa shape index (κ3) is 5.34. The van der Waals surface area contributed by atoms with E-state index in [4.69, 9.17) is 0 Å². The van der Waals surface area contributed by atoms with Crippen LogP contribution >= 0.6 is 31.9 Å². The van der Waals surface area contributed by atoms with Gasteiger partial charge in [0.1, 0.15) is 5.75 Å². The Hall–Kier alpha value is -2.97. The third-order valence-corrected chi connectivity index (χ3v) is 5.26. The summed E-state index contributed by atoms with van der Waals surface area (Å²) in [5, 5.41) is 16.7. The van der Waals surface area contributed by atoms with Gasteiger partial charge < -0.3 is 10.4 Å². The number of anilines is 1. The second-order valence-electron chi connectivity index (χ2n) is 6.37. The van der Waals surface area contributed by atoms with Crippen LogP contribution in [0.1, 0.15) is 31.8 Å². The predicted octanol–water partition coefficient (Wildman–Crippen LogP) is 5.24. The van der Waals surface area contributed by atoms with E-state index in [9.17, 15) is 14.7 Å². The van der Waals surface area contributed by atoms with E-state index in [0.29, 0.717) is 26.9 Å². The molecule has 0 bridgehead atoms. The van der Waals surface area contributed by atoms with Crippen LogP contribution in [0.25, 0.3) is 0 Å². The van der Waals surface area contributed by atoms with Crippen LogP contribution in [0.3, 0.4) is 0 Å². The lowest BCUT2D eigenvalue weighted by molar-refractivity contribution is 0.0953. The van der Waals surface area contributed by atoms with E-state index < -0.39 is 5.91 Å². The van der Waals surface area contributed by atoms with Crippen LogP contribution in [0.15, 0.2) is 74.7 Å². The number of aryl methyl sites for hydroxylation is 1. The molecule has 0 aromatic heterocycles. The van der Waals surface area contributed by atoms with Crippen molar-refractivity contribution in [3.63, 3.8) is 0 Å². The molecule has 6 nitrogen and oxygen atoms in total. The molecule has 3 aromatic rings. The van der Waals surface area contributed by atoms with Crippen molar-refractivity contribution in [2.75, 3.05) is 5.32 Å². The Morgan fingerprint density at radius 2 is 1.77 bits per heavy atom. The predicted molar refractivity (Wildman–Crippen MR) is 124 cm³/mol. The lowest BCUT2D eigenvalue weighted by Crippen LogP contribution is -2.18. The molecule has 8 heteroatoms. The second-order valence-corrected chi connectivity index (χ2v) is 8.14. The Kier molecular flexibility index (Phi) is 7.02. The molecule has 3 N–H and O–H groups in total. The fraction of sp³-hybridized carbons (Fsp3) is 0.0455. The molecule has 0 saturated carbocycles. The maximum atomic E-state index is 12.5. The van der Waals surface area contributed by atoms with Gasteiger partial charge in [-0.15, -0.1) is 0 Å². The Morgan fingerprint density at radius 1 is 1.00 bits per heavy atom. The highest BCUT2D eigenvalue weighted by atomic mass is 79.9. The topological polar surface area (TPSA) is 90.8 Å². The Balaban J connectivity index is 1.69. The van der Waals surface area contributed by atoms with Gasteiger partial charge in [0, 0.05) is 26.9 Å². The fourth-order valence-corrected chi connectivity index (χ4v) is 3.93. The normalized spacial score (nSPS) is 10.8. The van der Waals surface area contributed by atoms with Gasteiger partial charge in [0.25, 0.3) is 11.8 Å². The molecule has 3 rings (SSSR count). The number of nitrogens with one attached hydrogen (secondary N) is 2. The van der Waals surface area contributed by atoms with E-state index in [1.807, 2.05) is 19.1 Å². The Bertz CT molecular complexity index is 1150. The number of benzene rings is 3. The average molecular weight is 531 g/mol. The van der Waals surface area contributed by atoms with Crippen LogP contribution in [0, 0.1) is 6.92 Å². The molecule has 0 saturated heterocycles. The number of carbonyl (C=O) groups excluding carboxylic acids is 2. The number of hydrazone groups is 1. The van der Waals surface area contributed by atoms with Gasteiger partial charge >= 0.3 is 0 Å². The van der Waals surface area contributed by atoms with Gasteiger partial charge in [-0.2, -0.15) is 5.10 Å². The first-order chi connectivity index (χ1) is 14.3. The van der Waals surface area contributed by atoms with Crippen LogP contribution in [0.2, 0.25) is 0 Å². The standard InChI is InChI=1S/C22H17Br2N3O3/c1-13-5-2-3-8-18(13)22(30)26-17-7-4-6-14(10-17)21(29)27-25-12-15-9-16(23)11-19(24)20(15)28/h2-12,28H,1H3,(H,26,30)(H,27,29)/b25-12-. The summed E-state index contributed by atoms with van der Waals surface area (Å²) in [4.78, 5) is 24.9. The minimum absolute atomic E-state index is 0.0112. The minimum atomic E-state index is -0.452. The molecule has 0 fully saturated rings. The number of hydrogen-bond acceptors (Lipinski definition) is 4. The number of hydrogen-bond donors (Lipinski definition) is 3. The third-order valence-electron chi connectivity index (χ3n) is 4.20. The van der Waals surface area contributed by atoms with Crippen LogP contribution in [0.5, 0.6) is 5.75 Å². The van der Waals surface area contributed by atoms with Crippen molar-refractivity contribution in [2.45, 2.75) is 6.92 Å². The molecule has 0 spiro atoms. The van der Waals surface area contributed by atoms with Crippen molar-refractivity contribution in [1.29, 1.82) is 0 Å². The lowest BCUT2D eigenvalue weighted by atomic mass is 10.1. The second kappa shape index (κ2) is 9.69. The number of amides is 2. The maximum absolute atomic E-state index is 12.5. The van der Waals surface area contributed by atoms with Crippen molar-refractivity contribution in [2.24, 2.45) is 5.10 Å². The minimum Gasteiger partial charge on any atom is -0.506 e. The molecule has 30 heavy (non-hydrogen) atoms. The summed E-state index contributed by atoms with van der Waals surface area (Å²) in [6.45, 7) is 1.86. The molecule has 0 aliphatic carbocycles. The summed E-state index contributed by atoms with van der Waals surface area (Å²) >= 11 is 6.57. The van der Waals surface area contributed by atoms with Crippen LogP contribution < -0.4 is 10.7 Å². The number of phenols is 1. The zero-order chi connectivity index (χ0) is 21.7. The van der Waals surface area contributed by atoms with Gasteiger partial charge in [-0.3, -0.25) is 9.59 Å². The Labute approximate surface area is 190 Å². The summed E-state index contributed by atoms with van der Waals surface area (Å²) in [7, 11) is 0. The molecular weight excluding hydrogens is 514 g/mol. The van der Waals surface area contributed by atoms with E-state index >= 15 is 0 Å². The summed E-state index contributed by atoms with van der Waals surface area (Å²) in [6, 6.07) is 17.2. The van der Waals surface area contributed by atoms with Crippen LogP contribution in [-0.2, 0) is 0 Å². The van der Waals surface area contributed by atoms with Crippen molar-refractivity contribution < 1.29 is 14.7 Å². The monoisotopic (exact) mass is 529 g/mol. The fourth-order valence-electron chi connectivity index (χ4n) is 2.67. The van der Waals surface area contributed by atoms with E-state index in [1.165, 1.54) is 6.21 Å². The van der Waals surface area contributed by atoms with Crippen molar-refractivity contribution in [3.8, 4) is 5.75 Å². The van der Waals surface area contributed by atoms with Gasteiger partial charge in [0.2, 0.25) is 0 Å². The van der Waals surface area contributed by atoms with E-state index in [0.717, 1.165) is 10.0 Å². The van der Waals surface area contributed by atoms with Crippen LogP contribution in [-0.4, -0.2) is 23.1 Å². The van der Waals surface area contributed by atoms with Gasteiger partial charge in [-0.25, -0.2) is 5.43 Å². The molecular formula is C22H17Br2N3O3. The zero-order valence-electron chi connectivity index (χ0n) is 15.8. The molecule has 0 atom stereocenters. The number of aromatic hydroxyl groups is 1.